The zero-order valence-corrected chi connectivity index (χ0v) is 16.4. The van der Waals surface area contributed by atoms with Crippen LogP contribution in [-0.2, 0) is 11.2 Å². The minimum Gasteiger partial charge on any atom is -0.493 e. The molecule has 152 valence electrons. The number of ether oxygens (including phenoxy) is 2. The number of hydrogen-bond donors (Lipinski definition) is 2. The SMILES string of the molecule is CCCCOc1ccc(C(=O)NNC(=O)Cc2noc3ccccc23)cc1OC. The van der Waals surface area contributed by atoms with E-state index < -0.39 is 11.8 Å². The van der Waals surface area contributed by atoms with Gasteiger partial charge in [-0.1, -0.05) is 30.6 Å². The van der Waals surface area contributed by atoms with Gasteiger partial charge in [-0.25, -0.2) is 0 Å². The van der Waals surface area contributed by atoms with Crippen LogP contribution in [0.2, 0.25) is 0 Å². The van der Waals surface area contributed by atoms with Crippen LogP contribution >= 0.6 is 0 Å². The maximum atomic E-state index is 12.3. The molecule has 1 heterocycles. The summed E-state index contributed by atoms with van der Waals surface area (Å²) < 4.78 is 16.1. The van der Waals surface area contributed by atoms with Crippen LogP contribution in [-0.4, -0.2) is 30.7 Å². The summed E-state index contributed by atoms with van der Waals surface area (Å²) in [4.78, 5) is 24.5. The van der Waals surface area contributed by atoms with E-state index >= 15 is 0 Å². The van der Waals surface area contributed by atoms with Crippen molar-refractivity contribution in [2.45, 2.75) is 26.2 Å². The minimum absolute atomic E-state index is 0.0230. The zero-order valence-electron chi connectivity index (χ0n) is 16.4. The summed E-state index contributed by atoms with van der Waals surface area (Å²) >= 11 is 0. The first-order valence-electron chi connectivity index (χ1n) is 9.35. The van der Waals surface area contributed by atoms with Crippen LogP contribution in [0, 0.1) is 0 Å². The number of hydrazine groups is 1. The van der Waals surface area contributed by atoms with Gasteiger partial charge in [0.15, 0.2) is 17.1 Å². The normalized spacial score (nSPS) is 10.6. The molecule has 0 aliphatic heterocycles. The third-order valence-corrected chi connectivity index (χ3v) is 4.28. The summed E-state index contributed by atoms with van der Waals surface area (Å²) in [5, 5.41) is 4.67. The number of nitrogens with one attached hydrogen (secondary N) is 2. The molecule has 8 nitrogen and oxygen atoms in total. The number of fused-ring (bicyclic) bond motifs is 1. The molecule has 8 heteroatoms. The summed E-state index contributed by atoms with van der Waals surface area (Å²) in [6.07, 6.45) is 1.93. The number of para-hydroxylation sites is 1. The van der Waals surface area contributed by atoms with Gasteiger partial charge in [0.1, 0.15) is 5.69 Å². The van der Waals surface area contributed by atoms with Gasteiger partial charge in [0.05, 0.1) is 20.1 Å². The lowest BCUT2D eigenvalue weighted by molar-refractivity contribution is -0.121. The molecule has 2 aromatic carbocycles. The zero-order chi connectivity index (χ0) is 20.6. The monoisotopic (exact) mass is 397 g/mol. The molecule has 1 aromatic heterocycles. The van der Waals surface area contributed by atoms with E-state index in [2.05, 4.69) is 22.9 Å². The van der Waals surface area contributed by atoms with Gasteiger partial charge >= 0.3 is 0 Å². The van der Waals surface area contributed by atoms with Gasteiger partial charge in [0.25, 0.3) is 5.91 Å². The number of unbranched alkanes of at least 4 members (excludes halogenated alkanes) is 1. The van der Waals surface area contributed by atoms with Crippen molar-refractivity contribution in [2.75, 3.05) is 13.7 Å². The highest BCUT2D eigenvalue weighted by molar-refractivity contribution is 5.96. The second-order valence-electron chi connectivity index (χ2n) is 6.37. The van der Waals surface area contributed by atoms with E-state index in [0.29, 0.717) is 34.9 Å². The van der Waals surface area contributed by atoms with Gasteiger partial charge in [-0.05, 0) is 36.8 Å². The molecule has 0 atom stereocenters. The van der Waals surface area contributed by atoms with Crippen molar-refractivity contribution in [2.24, 2.45) is 0 Å². The number of nitrogens with zero attached hydrogens (tertiary/aromatic N) is 1. The van der Waals surface area contributed by atoms with E-state index in [4.69, 9.17) is 14.0 Å². The van der Waals surface area contributed by atoms with Crippen LogP contribution < -0.4 is 20.3 Å². The number of amides is 2. The standard InChI is InChI=1S/C21H23N3O5/c1-3-4-11-28-18-10-9-14(12-19(18)27-2)21(26)23-22-20(25)13-16-15-7-5-6-8-17(15)29-24-16/h5-10,12H,3-4,11,13H2,1-2H3,(H,22,25)(H,23,26). The predicted molar refractivity (Wildman–Crippen MR) is 107 cm³/mol. The Hall–Kier alpha value is -3.55. The third-order valence-electron chi connectivity index (χ3n) is 4.28. The molecule has 0 radical (unpaired) electrons. The quantitative estimate of drug-likeness (QED) is 0.447. The van der Waals surface area contributed by atoms with Crippen molar-refractivity contribution in [1.29, 1.82) is 0 Å². The number of carbonyl (C=O) groups is 2. The lowest BCUT2D eigenvalue weighted by Crippen LogP contribution is -2.42. The minimum atomic E-state index is -0.471. The molecule has 0 aliphatic rings. The molecular formula is C21H23N3O5. The van der Waals surface area contributed by atoms with Crippen LogP contribution in [0.3, 0.4) is 0 Å². The molecule has 29 heavy (non-hydrogen) atoms. The summed E-state index contributed by atoms with van der Waals surface area (Å²) in [6, 6.07) is 12.1. The van der Waals surface area contributed by atoms with Crippen molar-refractivity contribution in [3.05, 3.63) is 53.7 Å². The van der Waals surface area contributed by atoms with Crippen molar-refractivity contribution in [1.82, 2.24) is 16.0 Å². The highest BCUT2D eigenvalue weighted by Gasteiger charge is 2.15. The summed E-state index contributed by atoms with van der Waals surface area (Å²) in [5.41, 5.74) is 6.21. The van der Waals surface area contributed by atoms with Crippen LogP contribution in [0.4, 0.5) is 0 Å². The van der Waals surface area contributed by atoms with Gasteiger partial charge in [0, 0.05) is 10.9 Å². The van der Waals surface area contributed by atoms with Gasteiger partial charge in [-0.2, -0.15) is 0 Å². The largest absolute Gasteiger partial charge is 0.493 e. The van der Waals surface area contributed by atoms with Crippen molar-refractivity contribution < 1.29 is 23.6 Å². The molecule has 0 bridgehead atoms. The Morgan fingerprint density at radius 2 is 1.93 bits per heavy atom. The molecule has 0 fully saturated rings. The average Bonchev–Trinajstić information content (AvgIpc) is 3.15. The van der Waals surface area contributed by atoms with Crippen LogP contribution in [0.15, 0.2) is 47.0 Å². The number of carbonyl (C=O) groups excluding carboxylic acids is 2. The molecule has 0 aliphatic carbocycles. The van der Waals surface area contributed by atoms with Gasteiger partial charge < -0.3 is 14.0 Å². The Morgan fingerprint density at radius 3 is 2.72 bits per heavy atom. The second kappa shape index (κ2) is 9.59. The van der Waals surface area contributed by atoms with E-state index in [1.54, 1.807) is 24.3 Å². The van der Waals surface area contributed by atoms with Crippen molar-refractivity contribution in [3.63, 3.8) is 0 Å². The maximum Gasteiger partial charge on any atom is 0.269 e. The smallest absolute Gasteiger partial charge is 0.269 e. The molecule has 3 rings (SSSR count). The number of benzene rings is 2. The van der Waals surface area contributed by atoms with E-state index in [1.165, 1.54) is 7.11 Å². The highest BCUT2D eigenvalue weighted by Crippen LogP contribution is 2.28. The molecule has 0 unspecified atom stereocenters. The van der Waals surface area contributed by atoms with Crippen LogP contribution in [0.25, 0.3) is 11.0 Å². The van der Waals surface area contributed by atoms with E-state index in [0.717, 1.165) is 18.2 Å². The summed E-state index contributed by atoms with van der Waals surface area (Å²) in [5.74, 6) is 0.138. The Balaban J connectivity index is 1.57. The fourth-order valence-corrected chi connectivity index (χ4v) is 2.72. The average molecular weight is 397 g/mol. The van der Waals surface area contributed by atoms with E-state index in [1.807, 2.05) is 18.2 Å². The Morgan fingerprint density at radius 1 is 1.10 bits per heavy atom. The van der Waals surface area contributed by atoms with E-state index in [-0.39, 0.29) is 6.42 Å². The fourth-order valence-electron chi connectivity index (χ4n) is 2.72. The Labute approximate surface area is 168 Å². The maximum absolute atomic E-state index is 12.3. The number of hydrogen-bond acceptors (Lipinski definition) is 6. The Kier molecular flexibility index (Phi) is 6.67. The number of methoxy groups -OCH3 is 1. The molecular weight excluding hydrogens is 374 g/mol. The van der Waals surface area contributed by atoms with Gasteiger partial charge in [-0.3, -0.25) is 20.4 Å². The molecule has 0 spiro atoms. The van der Waals surface area contributed by atoms with Gasteiger partial charge in [-0.15, -0.1) is 0 Å². The van der Waals surface area contributed by atoms with E-state index in [9.17, 15) is 9.59 Å². The third kappa shape index (κ3) is 5.04. The molecule has 2 amide bonds. The Bertz CT molecular complexity index is 999. The molecule has 0 saturated carbocycles. The first-order chi connectivity index (χ1) is 14.1. The van der Waals surface area contributed by atoms with Crippen molar-refractivity contribution in [3.8, 4) is 11.5 Å². The first kappa shape index (κ1) is 20.2. The molecule has 2 N–H and O–H groups in total. The van der Waals surface area contributed by atoms with Crippen LogP contribution in [0.5, 0.6) is 11.5 Å². The highest BCUT2D eigenvalue weighted by atomic mass is 16.5. The number of aromatic nitrogens is 1. The topological polar surface area (TPSA) is 103 Å². The van der Waals surface area contributed by atoms with Crippen LogP contribution in [0.1, 0.15) is 35.8 Å². The summed E-state index contributed by atoms with van der Waals surface area (Å²) in [6.45, 7) is 2.65. The number of rotatable bonds is 8. The molecule has 0 saturated heterocycles. The lowest BCUT2D eigenvalue weighted by Gasteiger charge is -2.12. The fraction of sp³-hybridized carbons (Fsp3) is 0.286. The lowest BCUT2D eigenvalue weighted by atomic mass is 10.1. The predicted octanol–water partition coefficient (Wildman–Crippen LogP) is 3.02. The van der Waals surface area contributed by atoms with Crippen molar-refractivity contribution >= 4 is 22.8 Å². The van der Waals surface area contributed by atoms with Gasteiger partial charge in [0.2, 0.25) is 5.91 Å². The molecule has 3 aromatic rings. The first-order valence-corrected chi connectivity index (χ1v) is 9.35. The summed E-state index contributed by atoms with van der Waals surface area (Å²) in [7, 11) is 1.51. The second-order valence-corrected chi connectivity index (χ2v) is 6.37.